The number of hydrogen-bond donors (Lipinski definition) is 1. The predicted molar refractivity (Wildman–Crippen MR) is 85.1 cm³/mol. The maximum Gasteiger partial charge on any atom is 0.203 e. The van der Waals surface area contributed by atoms with Crippen molar-refractivity contribution in [3.8, 4) is 0 Å². The fraction of sp³-hybridized carbons (Fsp3) is 0.812. The van der Waals surface area contributed by atoms with Crippen LogP contribution in [0.15, 0.2) is 6.20 Å². The van der Waals surface area contributed by atoms with Crippen LogP contribution in [0.5, 0.6) is 0 Å². The standard InChI is InChI=1S/C16H30N4/c1-13(2)11-17-16-18-14(3)12-20(16)10-7-15-5-8-19(4)9-6-15/h12-13,15H,5-11H2,1-4H3,(H,17,18). The third kappa shape index (κ3) is 4.51. The molecule has 0 aliphatic carbocycles. The fourth-order valence-electron chi connectivity index (χ4n) is 2.83. The number of nitrogens with one attached hydrogen (secondary N) is 1. The highest BCUT2D eigenvalue weighted by Gasteiger charge is 2.17. The van der Waals surface area contributed by atoms with Crippen LogP contribution in [0.1, 0.15) is 38.8 Å². The monoisotopic (exact) mass is 278 g/mol. The molecule has 0 spiro atoms. The summed E-state index contributed by atoms with van der Waals surface area (Å²) in [4.78, 5) is 7.04. The Morgan fingerprint density at radius 1 is 1.35 bits per heavy atom. The van der Waals surface area contributed by atoms with Gasteiger partial charge in [-0.15, -0.1) is 0 Å². The molecule has 114 valence electrons. The highest BCUT2D eigenvalue weighted by atomic mass is 15.2. The summed E-state index contributed by atoms with van der Waals surface area (Å²) in [6.07, 6.45) is 6.15. The van der Waals surface area contributed by atoms with E-state index in [0.717, 1.165) is 30.6 Å². The van der Waals surface area contributed by atoms with E-state index >= 15 is 0 Å². The molecule has 1 aromatic rings. The van der Waals surface area contributed by atoms with Gasteiger partial charge >= 0.3 is 0 Å². The molecular weight excluding hydrogens is 248 g/mol. The van der Waals surface area contributed by atoms with Gasteiger partial charge in [0.05, 0.1) is 5.69 Å². The first kappa shape index (κ1) is 15.4. The third-order valence-electron chi connectivity index (χ3n) is 4.18. The Kier molecular flexibility index (Phi) is 5.46. The molecule has 0 aromatic carbocycles. The Morgan fingerprint density at radius 3 is 2.70 bits per heavy atom. The van der Waals surface area contributed by atoms with Crippen LogP contribution >= 0.6 is 0 Å². The van der Waals surface area contributed by atoms with Crippen molar-refractivity contribution in [2.45, 2.75) is 46.6 Å². The van der Waals surface area contributed by atoms with Crippen LogP contribution in [-0.2, 0) is 6.54 Å². The largest absolute Gasteiger partial charge is 0.355 e. The molecule has 1 fully saturated rings. The van der Waals surface area contributed by atoms with Gasteiger partial charge in [0.15, 0.2) is 0 Å². The highest BCUT2D eigenvalue weighted by Crippen LogP contribution is 2.21. The molecule has 4 heteroatoms. The van der Waals surface area contributed by atoms with Crippen LogP contribution in [0.3, 0.4) is 0 Å². The van der Waals surface area contributed by atoms with Gasteiger partial charge < -0.3 is 14.8 Å². The normalized spacial score (nSPS) is 17.9. The Labute approximate surface area is 123 Å². The molecule has 0 amide bonds. The Morgan fingerprint density at radius 2 is 2.05 bits per heavy atom. The average Bonchev–Trinajstić information content (AvgIpc) is 2.76. The molecule has 1 N–H and O–H groups in total. The van der Waals surface area contributed by atoms with Crippen molar-refractivity contribution in [3.63, 3.8) is 0 Å². The number of imidazole rings is 1. The minimum absolute atomic E-state index is 0.648. The van der Waals surface area contributed by atoms with E-state index in [4.69, 9.17) is 0 Å². The molecule has 0 bridgehead atoms. The molecule has 2 rings (SSSR count). The van der Waals surface area contributed by atoms with Crippen molar-refractivity contribution in [2.24, 2.45) is 11.8 Å². The molecule has 0 saturated carbocycles. The van der Waals surface area contributed by atoms with E-state index in [1.165, 1.54) is 32.4 Å². The van der Waals surface area contributed by atoms with Gasteiger partial charge in [-0.1, -0.05) is 13.8 Å². The molecule has 20 heavy (non-hydrogen) atoms. The number of likely N-dealkylation sites (tertiary alicyclic amines) is 1. The van der Waals surface area contributed by atoms with Crippen molar-refractivity contribution in [1.29, 1.82) is 0 Å². The van der Waals surface area contributed by atoms with E-state index < -0.39 is 0 Å². The van der Waals surface area contributed by atoms with Crippen LogP contribution in [-0.4, -0.2) is 41.1 Å². The SMILES string of the molecule is Cc1cn(CCC2CCN(C)CC2)c(NCC(C)C)n1. The van der Waals surface area contributed by atoms with Crippen LogP contribution in [0, 0.1) is 18.8 Å². The summed E-state index contributed by atoms with van der Waals surface area (Å²) in [5, 5.41) is 3.47. The van der Waals surface area contributed by atoms with Gasteiger partial charge in [-0.05, 0) is 58.2 Å². The first-order valence-electron chi connectivity index (χ1n) is 8.00. The van der Waals surface area contributed by atoms with Crippen LogP contribution in [0.2, 0.25) is 0 Å². The zero-order valence-electron chi connectivity index (χ0n) is 13.5. The lowest BCUT2D eigenvalue weighted by Gasteiger charge is -2.29. The van der Waals surface area contributed by atoms with E-state index in [0.29, 0.717) is 5.92 Å². The second-order valence-corrected chi connectivity index (χ2v) is 6.71. The van der Waals surface area contributed by atoms with E-state index in [1.807, 2.05) is 0 Å². The fourth-order valence-corrected chi connectivity index (χ4v) is 2.83. The first-order chi connectivity index (χ1) is 9.54. The minimum atomic E-state index is 0.648. The lowest BCUT2D eigenvalue weighted by Crippen LogP contribution is -2.30. The summed E-state index contributed by atoms with van der Waals surface area (Å²) in [5.41, 5.74) is 1.11. The maximum atomic E-state index is 4.60. The quantitative estimate of drug-likeness (QED) is 0.868. The molecule has 1 saturated heterocycles. The van der Waals surface area contributed by atoms with E-state index in [1.54, 1.807) is 0 Å². The van der Waals surface area contributed by atoms with Gasteiger partial charge in [-0.3, -0.25) is 0 Å². The van der Waals surface area contributed by atoms with Crippen molar-refractivity contribution in [2.75, 3.05) is 32.0 Å². The lowest BCUT2D eigenvalue weighted by molar-refractivity contribution is 0.208. The number of aryl methyl sites for hydroxylation is 2. The molecule has 1 aliphatic heterocycles. The number of anilines is 1. The van der Waals surface area contributed by atoms with Gasteiger partial charge in [-0.25, -0.2) is 4.98 Å². The topological polar surface area (TPSA) is 33.1 Å². The minimum Gasteiger partial charge on any atom is -0.355 e. The molecule has 0 atom stereocenters. The molecule has 2 heterocycles. The summed E-state index contributed by atoms with van der Waals surface area (Å²) in [7, 11) is 2.23. The zero-order chi connectivity index (χ0) is 14.5. The summed E-state index contributed by atoms with van der Waals surface area (Å²) >= 11 is 0. The van der Waals surface area contributed by atoms with Gasteiger partial charge in [0.25, 0.3) is 0 Å². The highest BCUT2D eigenvalue weighted by molar-refractivity contribution is 5.28. The molecule has 0 radical (unpaired) electrons. The van der Waals surface area contributed by atoms with Gasteiger partial charge in [0.2, 0.25) is 5.95 Å². The Balaban J connectivity index is 1.85. The smallest absolute Gasteiger partial charge is 0.203 e. The van der Waals surface area contributed by atoms with Crippen LogP contribution < -0.4 is 5.32 Å². The van der Waals surface area contributed by atoms with Crippen molar-refractivity contribution < 1.29 is 0 Å². The molecule has 1 aliphatic rings. The summed E-state index contributed by atoms with van der Waals surface area (Å²) in [6, 6.07) is 0. The maximum absolute atomic E-state index is 4.60. The second-order valence-electron chi connectivity index (χ2n) is 6.71. The van der Waals surface area contributed by atoms with E-state index in [2.05, 4.69) is 53.8 Å². The van der Waals surface area contributed by atoms with E-state index in [9.17, 15) is 0 Å². The number of piperidine rings is 1. The average molecular weight is 278 g/mol. The molecule has 4 nitrogen and oxygen atoms in total. The predicted octanol–water partition coefficient (Wildman–Crippen LogP) is 2.99. The van der Waals surface area contributed by atoms with Gasteiger partial charge in [0.1, 0.15) is 0 Å². The van der Waals surface area contributed by atoms with Crippen molar-refractivity contribution >= 4 is 5.95 Å². The van der Waals surface area contributed by atoms with Crippen molar-refractivity contribution in [1.82, 2.24) is 14.5 Å². The number of hydrogen-bond acceptors (Lipinski definition) is 3. The summed E-state index contributed by atoms with van der Waals surface area (Å²) in [5.74, 6) is 2.57. The number of rotatable bonds is 6. The zero-order valence-corrected chi connectivity index (χ0v) is 13.5. The first-order valence-corrected chi connectivity index (χ1v) is 8.00. The molecule has 0 unspecified atom stereocenters. The second kappa shape index (κ2) is 7.11. The van der Waals surface area contributed by atoms with Gasteiger partial charge in [-0.2, -0.15) is 0 Å². The summed E-state index contributed by atoms with van der Waals surface area (Å²) < 4.78 is 2.30. The third-order valence-corrected chi connectivity index (χ3v) is 4.18. The van der Waals surface area contributed by atoms with Crippen molar-refractivity contribution in [3.05, 3.63) is 11.9 Å². The number of aromatic nitrogens is 2. The lowest BCUT2D eigenvalue weighted by atomic mass is 9.94. The van der Waals surface area contributed by atoms with Crippen LogP contribution in [0.25, 0.3) is 0 Å². The van der Waals surface area contributed by atoms with E-state index in [-0.39, 0.29) is 0 Å². The Hall–Kier alpha value is -1.03. The molecule has 1 aromatic heterocycles. The van der Waals surface area contributed by atoms with Gasteiger partial charge in [0, 0.05) is 19.3 Å². The molecular formula is C16H30N4. The summed E-state index contributed by atoms with van der Waals surface area (Å²) in [6.45, 7) is 11.1. The Bertz CT molecular complexity index is 403. The van der Waals surface area contributed by atoms with Crippen LogP contribution in [0.4, 0.5) is 5.95 Å². The number of nitrogens with zero attached hydrogens (tertiary/aromatic N) is 3.